The van der Waals surface area contributed by atoms with Gasteiger partial charge in [0.25, 0.3) is 0 Å². The van der Waals surface area contributed by atoms with Crippen LogP contribution in [-0.4, -0.2) is 24.4 Å². The number of fused-ring (bicyclic) bond motifs is 1. The fourth-order valence-corrected chi connectivity index (χ4v) is 3.92. The van der Waals surface area contributed by atoms with E-state index in [9.17, 15) is 4.79 Å². The van der Waals surface area contributed by atoms with Crippen molar-refractivity contribution in [2.75, 3.05) is 18.5 Å². The number of ether oxygens (including phenoxy) is 2. The number of aryl methyl sites for hydroxylation is 1. The van der Waals surface area contributed by atoms with Gasteiger partial charge < -0.3 is 14.8 Å². The quantitative estimate of drug-likeness (QED) is 0.608. The number of aldehydes is 1. The van der Waals surface area contributed by atoms with Crippen molar-refractivity contribution in [2.24, 2.45) is 0 Å². The Morgan fingerprint density at radius 1 is 1.33 bits per heavy atom. The minimum absolute atomic E-state index is 0.298. The Labute approximate surface area is 162 Å². The molecule has 3 aromatic rings. The van der Waals surface area contributed by atoms with E-state index in [1.165, 1.54) is 4.88 Å². The third-order valence-electron chi connectivity index (χ3n) is 4.60. The van der Waals surface area contributed by atoms with E-state index >= 15 is 0 Å². The number of aromatic nitrogens is 1. The predicted molar refractivity (Wildman–Crippen MR) is 107 cm³/mol. The van der Waals surface area contributed by atoms with Crippen LogP contribution in [0.15, 0.2) is 48.8 Å². The third kappa shape index (κ3) is 3.95. The monoisotopic (exact) mass is 380 g/mol. The lowest BCUT2D eigenvalue weighted by atomic mass is 9.93. The molecule has 0 bridgehead atoms. The zero-order valence-corrected chi connectivity index (χ0v) is 15.8. The van der Waals surface area contributed by atoms with Crippen molar-refractivity contribution in [3.8, 4) is 16.6 Å². The van der Waals surface area contributed by atoms with Crippen molar-refractivity contribution in [3.05, 3.63) is 64.8 Å². The summed E-state index contributed by atoms with van der Waals surface area (Å²) >= 11 is 1.62. The van der Waals surface area contributed by atoms with E-state index in [2.05, 4.69) is 23.3 Å². The van der Waals surface area contributed by atoms with Crippen molar-refractivity contribution in [2.45, 2.75) is 19.3 Å². The summed E-state index contributed by atoms with van der Waals surface area (Å²) in [5, 5.41) is 4.23. The van der Waals surface area contributed by atoms with Gasteiger partial charge in [-0.1, -0.05) is 6.07 Å². The molecule has 0 saturated heterocycles. The van der Waals surface area contributed by atoms with E-state index in [1.54, 1.807) is 29.8 Å². The van der Waals surface area contributed by atoms with Gasteiger partial charge in [-0.15, -0.1) is 11.3 Å². The van der Waals surface area contributed by atoms with Gasteiger partial charge in [0.1, 0.15) is 11.5 Å². The lowest BCUT2D eigenvalue weighted by molar-refractivity contribution is 0.112. The molecule has 1 N–H and O–H groups in total. The minimum Gasteiger partial charge on any atom is -0.493 e. The summed E-state index contributed by atoms with van der Waals surface area (Å²) in [4.78, 5) is 16.5. The number of nitrogens with one attached hydrogen (secondary N) is 1. The summed E-state index contributed by atoms with van der Waals surface area (Å²) in [6.07, 6.45) is 5.07. The first-order chi connectivity index (χ1) is 13.2. The number of carbonyl (C=O) groups excluding carboxylic acids is 1. The highest BCUT2D eigenvalue weighted by atomic mass is 32.1. The van der Waals surface area contributed by atoms with Gasteiger partial charge in [0.2, 0.25) is 0 Å². The summed E-state index contributed by atoms with van der Waals surface area (Å²) in [5.74, 6) is 1.94. The van der Waals surface area contributed by atoms with Crippen LogP contribution in [-0.2, 0) is 0 Å². The normalized spacial score (nSPS) is 15.5. The van der Waals surface area contributed by atoms with E-state index in [0.717, 1.165) is 40.5 Å². The van der Waals surface area contributed by atoms with Crippen molar-refractivity contribution < 1.29 is 14.3 Å². The number of benzene rings is 1. The molecule has 0 radical (unpaired) electrons. The van der Waals surface area contributed by atoms with Crippen molar-refractivity contribution in [1.29, 1.82) is 0 Å². The van der Waals surface area contributed by atoms with Gasteiger partial charge in [0.15, 0.2) is 11.3 Å². The van der Waals surface area contributed by atoms with Crippen LogP contribution >= 0.6 is 11.3 Å². The highest BCUT2D eigenvalue weighted by molar-refractivity contribution is 7.13. The largest absolute Gasteiger partial charge is 0.493 e. The number of rotatable bonds is 6. The zero-order valence-electron chi connectivity index (χ0n) is 15.0. The SMILES string of the molecule is Cc1ccc(Oc2ccc3c(c2)OCCC3CNc2cnccc2C=O)s1. The van der Waals surface area contributed by atoms with Crippen LogP contribution in [0.5, 0.6) is 16.6 Å². The van der Waals surface area contributed by atoms with Crippen LogP contribution in [0, 0.1) is 6.92 Å². The maximum absolute atomic E-state index is 11.2. The Morgan fingerprint density at radius 3 is 3.07 bits per heavy atom. The number of nitrogens with zero attached hydrogens (tertiary/aromatic N) is 1. The highest BCUT2D eigenvalue weighted by Gasteiger charge is 2.22. The molecule has 6 heteroatoms. The Kier molecular flexibility index (Phi) is 5.07. The number of anilines is 1. The summed E-state index contributed by atoms with van der Waals surface area (Å²) < 4.78 is 11.8. The topological polar surface area (TPSA) is 60.5 Å². The van der Waals surface area contributed by atoms with Crippen LogP contribution in [0.4, 0.5) is 5.69 Å². The Morgan fingerprint density at radius 2 is 2.26 bits per heavy atom. The maximum Gasteiger partial charge on any atom is 0.181 e. The van der Waals surface area contributed by atoms with Crippen LogP contribution in [0.2, 0.25) is 0 Å². The van der Waals surface area contributed by atoms with Gasteiger partial charge >= 0.3 is 0 Å². The molecule has 4 rings (SSSR count). The molecule has 0 amide bonds. The zero-order chi connectivity index (χ0) is 18.6. The average molecular weight is 380 g/mol. The van der Waals surface area contributed by atoms with Gasteiger partial charge in [-0.2, -0.15) is 0 Å². The van der Waals surface area contributed by atoms with Gasteiger partial charge in [0.05, 0.1) is 18.5 Å². The summed E-state index contributed by atoms with van der Waals surface area (Å²) in [6.45, 7) is 3.44. The Bertz CT molecular complexity index is 954. The second kappa shape index (κ2) is 7.80. The molecule has 0 fully saturated rings. The molecular weight excluding hydrogens is 360 g/mol. The molecule has 0 saturated carbocycles. The minimum atomic E-state index is 0.298. The number of hydrogen-bond donors (Lipinski definition) is 1. The van der Waals surface area contributed by atoms with E-state index in [1.807, 2.05) is 24.3 Å². The summed E-state index contributed by atoms with van der Waals surface area (Å²) in [5.41, 5.74) is 2.53. The van der Waals surface area contributed by atoms with Gasteiger partial charge in [-0.25, -0.2) is 0 Å². The first kappa shape index (κ1) is 17.5. The summed E-state index contributed by atoms with van der Waals surface area (Å²) in [7, 11) is 0. The summed E-state index contributed by atoms with van der Waals surface area (Å²) in [6, 6.07) is 11.7. The maximum atomic E-state index is 11.2. The van der Waals surface area contributed by atoms with Crippen molar-refractivity contribution >= 4 is 23.3 Å². The van der Waals surface area contributed by atoms with Crippen LogP contribution in [0.3, 0.4) is 0 Å². The second-order valence-corrected chi connectivity index (χ2v) is 7.71. The third-order valence-corrected chi connectivity index (χ3v) is 5.48. The molecule has 1 aromatic carbocycles. The number of pyridine rings is 1. The lowest BCUT2D eigenvalue weighted by Crippen LogP contribution is -2.21. The predicted octanol–water partition coefficient (Wildman–Crippen LogP) is 5.03. The second-order valence-electron chi connectivity index (χ2n) is 6.46. The number of carbonyl (C=O) groups is 1. The molecule has 5 nitrogen and oxygen atoms in total. The molecule has 0 aliphatic carbocycles. The molecule has 2 aromatic heterocycles. The van der Waals surface area contributed by atoms with Crippen LogP contribution in [0.1, 0.15) is 33.1 Å². The molecule has 0 spiro atoms. The molecule has 27 heavy (non-hydrogen) atoms. The Hall–Kier alpha value is -2.86. The number of hydrogen-bond acceptors (Lipinski definition) is 6. The molecule has 138 valence electrons. The first-order valence-electron chi connectivity index (χ1n) is 8.87. The molecule has 1 aliphatic rings. The molecular formula is C21H20N2O3S. The van der Waals surface area contributed by atoms with E-state index in [-0.39, 0.29) is 0 Å². The number of thiophene rings is 1. The smallest absolute Gasteiger partial charge is 0.181 e. The molecule has 1 unspecified atom stereocenters. The van der Waals surface area contributed by atoms with E-state index in [0.29, 0.717) is 24.6 Å². The van der Waals surface area contributed by atoms with E-state index < -0.39 is 0 Å². The van der Waals surface area contributed by atoms with Gasteiger partial charge in [-0.05, 0) is 43.2 Å². The van der Waals surface area contributed by atoms with Crippen LogP contribution in [0.25, 0.3) is 0 Å². The van der Waals surface area contributed by atoms with Gasteiger partial charge in [0, 0.05) is 35.2 Å². The van der Waals surface area contributed by atoms with E-state index in [4.69, 9.17) is 9.47 Å². The molecule has 3 heterocycles. The van der Waals surface area contributed by atoms with Gasteiger partial charge in [-0.3, -0.25) is 9.78 Å². The average Bonchev–Trinajstić information content (AvgIpc) is 3.11. The highest BCUT2D eigenvalue weighted by Crippen LogP contribution is 2.38. The van der Waals surface area contributed by atoms with Crippen molar-refractivity contribution in [1.82, 2.24) is 4.98 Å². The fraction of sp³-hybridized carbons (Fsp3) is 0.238. The molecule has 1 aliphatic heterocycles. The standard InChI is InChI=1S/C21H20N2O3S/c1-14-2-5-21(27-14)26-17-3-4-18-15(7-9-25-20(18)10-17)11-23-19-12-22-8-6-16(19)13-24/h2-6,8,10,12-13,15,23H,7,9,11H2,1H3. The first-order valence-corrected chi connectivity index (χ1v) is 9.68. The van der Waals surface area contributed by atoms with Crippen LogP contribution < -0.4 is 14.8 Å². The Balaban J connectivity index is 1.48. The molecule has 1 atom stereocenters. The fourth-order valence-electron chi connectivity index (χ4n) is 3.19. The van der Waals surface area contributed by atoms with Crippen molar-refractivity contribution in [3.63, 3.8) is 0 Å². The lowest BCUT2D eigenvalue weighted by Gasteiger charge is -2.27.